The molecule has 1 aromatic heterocycles. The van der Waals surface area contributed by atoms with Gasteiger partial charge >= 0.3 is 0 Å². The molecule has 198 valence electrons. The Balaban J connectivity index is 1.14. The number of nitrogens with two attached hydrogens (primary N) is 1. The molecule has 0 aliphatic carbocycles. The number of unbranched alkanes of at least 4 members (excludes halogenated alkanes) is 1. The Morgan fingerprint density at radius 3 is 2.39 bits per heavy atom. The highest BCUT2D eigenvalue weighted by Gasteiger charge is 2.12. The van der Waals surface area contributed by atoms with E-state index in [-0.39, 0.29) is 24.3 Å². The molecule has 0 radical (unpaired) electrons. The topological polar surface area (TPSA) is 134 Å². The Hall–Kier alpha value is -4.02. The number of allylic oxidation sites excluding steroid dienone is 3. The van der Waals surface area contributed by atoms with E-state index in [0.29, 0.717) is 17.4 Å². The number of aromatic nitrogens is 2. The molecule has 1 aliphatic rings. The number of amides is 2. The maximum absolute atomic E-state index is 12.4. The molecule has 6 N–H and O–H groups in total. The summed E-state index contributed by atoms with van der Waals surface area (Å²) in [5.74, 6) is 0.428. The summed E-state index contributed by atoms with van der Waals surface area (Å²) in [4.78, 5) is 24.6. The molecule has 0 saturated carbocycles. The monoisotopic (exact) mass is 531 g/mol. The predicted octanol–water partition coefficient (Wildman–Crippen LogP) is 3.64. The van der Waals surface area contributed by atoms with Crippen molar-refractivity contribution in [3.05, 3.63) is 100.0 Å². The van der Waals surface area contributed by atoms with Crippen LogP contribution in [0.5, 0.6) is 0 Å². The van der Waals surface area contributed by atoms with Gasteiger partial charge in [-0.25, -0.2) is 0 Å². The largest absolute Gasteiger partial charge is 0.324 e. The highest BCUT2D eigenvalue weighted by Crippen LogP contribution is 2.19. The van der Waals surface area contributed by atoms with E-state index in [4.69, 9.17) is 5.73 Å². The van der Waals surface area contributed by atoms with Crippen molar-refractivity contribution in [2.75, 3.05) is 5.32 Å². The maximum Gasteiger partial charge on any atom is 0.230 e. The van der Waals surface area contributed by atoms with Crippen molar-refractivity contribution in [1.29, 1.82) is 0 Å². The van der Waals surface area contributed by atoms with Gasteiger partial charge in [0.1, 0.15) is 10.8 Å². The lowest BCUT2D eigenvalue weighted by Gasteiger charge is -2.20. The summed E-state index contributed by atoms with van der Waals surface area (Å²) < 4.78 is 0. The minimum Gasteiger partial charge on any atom is -0.324 e. The summed E-state index contributed by atoms with van der Waals surface area (Å²) in [6, 6.07) is 17.3. The third-order valence-corrected chi connectivity index (χ3v) is 6.83. The quantitative estimate of drug-likeness (QED) is 0.225. The van der Waals surface area contributed by atoms with Crippen LogP contribution in [0.1, 0.15) is 53.9 Å². The van der Waals surface area contributed by atoms with Gasteiger partial charge in [0, 0.05) is 18.2 Å². The molecule has 0 bridgehead atoms. The number of hydrazine groups is 1. The molecule has 1 aliphatic heterocycles. The molecule has 9 nitrogen and oxygen atoms in total. The van der Waals surface area contributed by atoms with Gasteiger partial charge in [-0.05, 0) is 55.0 Å². The van der Waals surface area contributed by atoms with Crippen molar-refractivity contribution in [3.63, 3.8) is 0 Å². The molecule has 10 heteroatoms. The fourth-order valence-corrected chi connectivity index (χ4v) is 4.74. The maximum atomic E-state index is 12.4. The Morgan fingerprint density at radius 2 is 1.63 bits per heavy atom. The highest BCUT2D eigenvalue weighted by atomic mass is 32.1. The van der Waals surface area contributed by atoms with Gasteiger partial charge in [0.25, 0.3) is 0 Å². The number of hydrogen-bond donors (Lipinski definition) is 5. The van der Waals surface area contributed by atoms with Gasteiger partial charge in [-0.15, -0.1) is 10.2 Å². The van der Waals surface area contributed by atoms with Crippen LogP contribution < -0.4 is 27.2 Å². The van der Waals surface area contributed by atoms with E-state index in [1.165, 1.54) is 11.3 Å². The van der Waals surface area contributed by atoms with E-state index in [2.05, 4.69) is 31.7 Å². The normalized spacial score (nSPS) is 13.4. The fraction of sp³-hybridized carbons (Fsp3) is 0.286. The molecule has 4 rings (SSSR count). The summed E-state index contributed by atoms with van der Waals surface area (Å²) in [5, 5.41) is 15.4. The molecule has 0 spiro atoms. The summed E-state index contributed by atoms with van der Waals surface area (Å²) in [7, 11) is 0. The smallest absolute Gasteiger partial charge is 0.230 e. The number of anilines is 1. The first-order valence-electron chi connectivity index (χ1n) is 12.7. The Labute approximate surface area is 226 Å². The van der Waals surface area contributed by atoms with Gasteiger partial charge in [0.05, 0.1) is 12.8 Å². The third-order valence-electron chi connectivity index (χ3n) is 5.93. The number of carbonyl (C=O) groups excluding carboxylic acids is 2. The third kappa shape index (κ3) is 8.53. The van der Waals surface area contributed by atoms with E-state index < -0.39 is 0 Å². The Morgan fingerprint density at radius 1 is 0.895 bits per heavy atom. The molecular weight excluding hydrogens is 498 g/mol. The SMILES string of the molecule is CC(N)c1cccc(CC(=O)Nc2nnc(CCCCC3=CC=C(NC(=O)Cc4ccccc4)NN3)s2)c1. The molecule has 1 unspecified atom stereocenters. The standard InChI is InChI=1S/C28H33N7O2S/c1-19(29)22-11-7-10-21(16-22)18-26(37)31-28-35-34-27(38-28)13-6-5-12-23-14-15-24(33-32-23)30-25(36)17-20-8-3-2-4-9-20/h2-4,7-11,14-16,19,32-33H,5-6,12-13,17-18,29H2,1H3,(H,30,36)(H,31,35,37). The first-order valence-corrected chi connectivity index (χ1v) is 13.5. The van der Waals surface area contributed by atoms with Gasteiger partial charge in [-0.3, -0.25) is 15.0 Å². The van der Waals surface area contributed by atoms with E-state index in [1.54, 1.807) is 0 Å². The highest BCUT2D eigenvalue weighted by molar-refractivity contribution is 7.15. The number of rotatable bonds is 12. The van der Waals surface area contributed by atoms with E-state index in [0.717, 1.165) is 53.1 Å². The van der Waals surface area contributed by atoms with Crippen molar-refractivity contribution in [2.45, 2.75) is 51.5 Å². The van der Waals surface area contributed by atoms with E-state index in [1.807, 2.05) is 73.7 Å². The number of aryl methyl sites for hydroxylation is 1. The second-order valence-corrected chi connectivity index (χ2v) is 10.3. The number of nitrogens with one attached hydrogen (secondary N) is 4. The summed E-state index contributed by atoms with van der Waals surface area (Å²) in [6.07, 6.45) is 7.97. The molecule has 1 atom stereocenters. The molecule has 0 saturated heterocycles. The zero-order valence-electron chi connectivity index (χ0n) is 21.4. The number of nitrogens with zero attached hydrogens (tertiary/aromatic N) is 2. The average molecular weight is 532 g/mol. The van der Waals surface area contributed by atoms with Crippen molar-refractivity contribution >= 4 is 28.3 Å². The lowest BCUT2D eigenvalue weighted by atomic mass is 10.0. The molecule has 0 fully saturated rings. The molecular formula is C28H33N7O2S. The first-order chi connectivity index (χ1) is 18.4. The van der Waals surface area contributed by atoms with Crippen LogP contribution in [0.15, 0.2) is 78.3 Å². The van der Waals surface area contributed by atoms with Gasteiger partial charge < -0.3 is 21.8 Å². The molecule has 2 aromatic carbocycles. The predicted molar refractivity (Wildman–Crippen MR) is 150 cm³/mol. The van der Waals surface area contributed by atoms with Crippen molar-refractivity contribution in [3.8, 4) is 0 Å². The van der Waals surface area contributed by atoms with Crippen LogP contribution in [0, 0.1) is 0 Å². The molecule has 3 aromatic rings. The van der Waals surface area contributed by atoms with Crippen molar-refractivity contribution in [1.82, 2.24) is 26.4 Å². The van der Waals surface area contributed by atoms with Gasteiger partial charge in [-0.1, -0.05) is 65.9 Å². The van der Waals surface area contributed by atoms with Crippen LogP contribution in [0.2, 0.25) is 0 Å². The van der Waals surface area contributed by atoms with Crippen LogP contribution in [0.25, 0.3) is 0 Å². The van der Waals surface area contributed by atoms with Gasteiger partial charge in [0.15, 0.2) is 0 Å². The second-order valence-electron chi connectivity index (χ2n) is 9.20. The van der Waals surface area contributed by atoms with Crippen LogP contribution in [-0.4, -0.2) is 22.0 Å². The number of carbonyl (C=O) groups is 2. The molecule has 2 amide bonds. The van der Waals surface area contributed by atoms with Gasteiger partial charge in [0.2, 0.25) is 16.9 Å². The van der Waals surface area contributed by atoms with Crippen molar-refractivity contribution < 1.29 is 9.59 Å². The minimum atomic E-state index is -0.124. The zero-order chi connectivity index (χ0) is 26.7. The lowest BCUT2D eigenvalue weighted by Crippen LogP contribution is -2.41. The summed E-state index contributed by atoms with van der Waals surface area (Å²) in [5.41, 5.74) is 16.0. The van der Waals surface area contributed by atoms with Gasteiger partial charge in [-0.2, -0.15) is 0 Å². The van der Waals surface area contributed by atoms with Crippen LogP contribution in [0.3, 0.4) is 0 Å². The zero-order valence-corrected chi connectivity index (χ0v) is 22.2. The van der Waals surface area contributed by atoms with Crippen molar-refractivity contribution in [2.24, 2.45) is 5.73 Å². The fourth-order valence-electron chi connectivity index (χ4n) is 3.94. The number of benzene rings is 2. The van der Waals surface area contributed by atoms with Crippen LogP contribution in [0.4, 0.5) is 5.13 Å². The molecule has 2 heterocycles. The number of hydrogen-bond acceptors (Lipinski definition) is 8. The minimum absolute atomic E-state index is 0.0723. The summed E-state index contributed by atoms with van der Waals surface area (Å²) >= 11 is 1.41. The summed E-state index contributed by atoms with van der Waals surface area (Å²) in [6.45, 7) is 1.92. The second kappa shape index (κ2) is 13.5. The Kier molecular flexibility index (Phi) is 9.60. The van der Waals surface area contributed by atoms with Crippen LogP contribution in [-0.2, 0) is 28.9 Å². The Bertz CT molecular complexity index is 1300. The van der Waals surface area contributed by atoms with E-state index >= 15 is 0 Å². The van der Waals surface area contributed by atoms with Crippen LogP contribution >= 0.6 is 11.3 Å². The average Bonchev–Trinajstić information content (AvgIpc) is 3.35. The van der Waals surface area contributed by atoms with E-state index in [9.17, 15) is 9.59 Å². The first kappa shape index (κ1) is 27.0. The molecule has 38 heavy (non-hydrogen) atoms. The lowest BCUT2D eigenvalue weighted by molar-refractivity contribution is -0.120.